The topological polar surface area (TPSA) is 63.3 Å². The molecule has 0 spiro atoms. The molecule has 160 valence electrons. The normalized spacial score (nSPS) is 16.2. The Kier molecular flexibility index (Phi) is 5.80. The van der Waals surface area contributed by atoms with Crippen LogP contribution in [0, 0.1) is 5.92 Å². The molecule has 1 saturated heterocycles. The molecule has 3 aromatic rings. The zero-order chi connectivity index (χ0) is 21.1. The molecule has 0 unspecified atom stereocenters. The summed E-state index contributed by atoms with van der Waals surface area (Å²) in [6, 6.07) is 10.3. The van der Waals surface area contributed by atoms with Gasteiger partial charge in [0.1, 0.15) is 5.76 Å². The smallest absolute Gasteiger partial charge is 0.449 e. The fourth-order valence-electron chi connectivity index (χ4n) is 3.92. The van der Waals surface area contributed by atoms with Crippen LogP contribution in [0.3, 0.4) is 0 Å². The second-order valence-electron chi connectivity index (χ2n) is 7.61. The number of amides is 1. The van der Waals surface area contributed by atoms with Gasteiger partial charge in [-0.25, -0.2) is 4.98 Å². The van der Waals surface area contributed by atoms with Crippen LogP contribution in [0.4, 0.5) is 13.2 Å². The lowest BCUT2D eigenvalue weighted by atomic mass is 9.96. The minimum absolute atomic E-state index is 0.0928. The minimum Gasteiger partial charge on any atom is -0.467 e. The maximum absolute atomic E-state index is 13.5. The number of hydrogen-bond donors (Lipinski definition) is 1. The number of para-hydroxylation sites is 2. The van der Waals surface area contributed by atoms with Crippen molar-refractivity contribution in [2.24, 2.45) is 5.92 Å². The average Bonchev–Trinajstić information content (AvgIpc) is 3.36. The Morgan fingerprint density at radius 3 is 2.63 bits per heavy atom. The number of halogens is 3. The van der Waals surface area contributed by atoms with Gasteiger partial charge in [-0.3, -0.25) is 9.69 Å². The van der Waals surface area contributed by atoms with Crippen LogP contribution in [0.5, 0.6) is 0 Å². The van der Waals surface area contributed by atoms with E-state index in [0.29, 0.717) is 36.4 Å². The summed E-state index contributed by atoms with van der Waals surface area (Å²) in [5.41, 5.74) is 0.861. The van der Waals surface area contributed by atoms with Crippen molar-refractivity contribution in [3.05, 3.63) is 54.2 Å². The molecule has 1 N–H and O–H groups in total. The van der Waals surface area contributed by atoms with Crippen molar-refractivity contribution in [2.45, 2.75) is 32.1 Å². The predicted octanol–water partition coefficient (Wildman–Crippen LogP) is 3.68. The van der Waals surface area contributed by atoms with Crippen molar-refractivity contribution >= 4 is 16.9 Å². The molecule has 0 aliphatic carbocycles. The molecule has 3 heterocycles. The van der Waals surface area contributed by atoms with Crippen LogP contribution < -0.4 is 5.32 Å². The summed E-state index contributed by atoms with van der Waals surface area (Å²) in [6.45, 7) is 2.24. The summed E-state index contributed by atoms with van der Waals surface area (Å²) in [6.07, 6.45) is -1.48. The molecule has 1 amide bonds. The monoisotopic (exact) mass is 420 g/mol. The van der Waals surface area contributed by atoms with E-state index in [4.69, 9.17) is 4.42 Å². The second kappa shape index (κ2) is 8.51. The van der Waals surface area contributed by atoms with Gasteiger partial charge in [0, 0.05) is 6.54 Å². The highest BCUT2D eigenvalue weighted by molar-refractivity contribution is 5.78. The van der Waals surface area contributed by atoms with Crippen molar-refractivity contribution in [2.75, 3.05) is 19.6 Å². The van der Waals surface area contributed by atoms with Gasteiger partial charge in [0.25, 0.3) is 0 Å². The summed E-state index contributed by atoms with van der Waals surface area (Å²) in [7, 11) is 0. The van der Waals surface area contributed by atoms with Gasteiger partial charge in [-0.15, -0.1) is 0 Å². The van der Waals surface area contributed by atoms with Crippen molar-refractivity contribution in [1.82, 2.24) is 19.8 Å². The number of benzene rings is 1. The molecule has 2 aromatic heterocycles. The fourth-order valence-corrected chi connectivity index (χ4v) is 3.92. The lowest BCUT2D eigenvalue weighted by Crippen LogP contribution is -2.42. The quantitative estimate of drug-likeness (QED) is 0.661. The van der Waals surface area contributed by atoms with Gasteiger partial charge in [0.15, 0.2) is 0 Å². The van der Waals surface area contributed by atoms with E-state index in [0.717, 1.165) is 12.8 Å². The highest BCUT2D eigenvalue weighted by Gasteiger charge is 2.38. The molecule has 0 bridgehead atoms. The van der Waals surface area contributed by atoms with E-state index in [1.165, 1.54) is 4.57 Å². The Morgan fingerprint density at radius 2 is 1.93 bits per heavy atom. The van der Waals surface area contributed by atoms with E-state index in [-0.39, 0.29) is 24.9 Å². The zero-order valence-electron chi connectivity index (χ0n) is 16.4. The Balaban J connectivity index is 1.33. The number of imidazole rings is 1. The fraction of sp³-hybridized carbons (Fsp3) is 0.429. The van der Waals surface area contributed by atoms with Crippen molar-refractivity contribution in [1.29, 1.82) is 0 Å². The second-order valence-corrected chi connectivity index (χ2v) is 7.61. The van der Waals surface area contributed by atoms with E-state index < -0.39 is 12.0 Å². The molecule has 1 aliphatic heterocycles. The van der Waals surface area contributed by atoms with E-state index >= 15 is 0 Å². The summed E-state index contributed by atoms with van der Waals surface area (Å²) in [5, 5.41) is 2.81. The molecule has 9 heteroatoms. The van der Waals surface area contributed by atoms with Gasteiger partial charge in [0.2, 0.25) is 11.7 Å². The van der Waals surface area contributed by atoms with Crippen molar-refractivity contribution < 1.29 is 22.4 Å². The number of carbonyl (C=O) groups excluding carboxylic acids is 1. The summed E-state index contributed by atoms with van der Waals surface area (Å²) >= 11 is 0. The maximum atomic E-state index is 13.5. The number of rotatable bonds is 6. The summed E-state index contributed by atoms with van der Waals surface area (Å²) in [4.78, 5) is 18.0. The number of fused-ring (bicyclic) bond motifs is 1. The largest absolute Gasteiger partial charge is 0.467 e. The Bertz CT molecular complexity index is 990. The molecular formula is C21H23F3N4O2. The maximum Gasteiger partial charge on any atom is 0.449 e. The lowest BCUT2D eigenvalue weighted by Gasteiger charge is -2.32. The third-order valence-corrected chi connectivity index (χ3v) is 5.46. The molecule has 6 nitrogen and oxygen atoms in total. The number of likely N-dealkylation sites (tertiary alicyclic amines) is 1. The van der Waals surface area contributed by atoms with Gasteiger partial charge in [0.05, 0.1) is 30.4 Å². The van der Waals surface area contributed by atoms with Crippen molar-refractivity contribution in [3.63, 3.8) is 0 Å². The summed E-state index contributed by atoms with van der Waals surface area (Å²) in [5.74, 6) is -0.144. The highest BCUT2D eigenvalue weighted by atomic mass is 19.4. The standard InChI is InChI=1S/C21H23F3N4O2/c22-21(23,24)20-26-17-5-1-2-6-18(17)28(20)13-15-7-9-27(10-8-15)14-19(29)25-12-16-4-3-11-30-16/h1-6,11,15H,7-10,12-14H2,(H,25,29). The lowest BCUT2D eigenvalue weighted by molar-refractivity contribution is -0.147. The number of nitrogens with zero attached hydrogens (tertiary/aromatic N) is 3. The zero-order valence-corrected chi connectivity index (χ0v) is 16.4. The Hall–Kier alpha value is -2.81. The average molecular weight is 420 g/mol. The number of hydrogen-bond acceptors (Lipinski definition) is 4. The molecule has 30 heavy (non-hydrogen) atoms. The highest BCUT2D eigenvalue weighted by Crippen LogP contribution is 2.33. The number of piperidine rings is 1. The number of nitrogens with one attached hydrogen (secondary N) is 1. The first-order chi connectivity index (χ1) is 14.4. The molecule has 1 fully saturated rings. The molecule has 1 aromatic carbocycles. The third-order valence-electron chi connectivity index (χ3n) is 5.46. The van der Waals surface area contributed by atoms with Crippen molar-refractivity contribution in [3.8, 4) is 0 Å². The first-order valence-electron chi connectivity index (χ1n) is 9.94. The Morgan fingerprint density at radius 1 is 1.17 bits per heavy atom. The molecule has 1 aliphatic rings. The molecule has 0 radical (unpaired) electrons. The van der Waals surface area contributed by atoms with E-state index in [2.05, 4.69) is 10.3 Å². The van der Waals surface area contributed by atoms with E-state index in [1.54, 1.807) is 42.7 Å². The van der Waals surface area contributed by atoms with Gasteiger partial charge >= 0.3 is 6.18 Å². The number of alkyl halides is 3. The van der Waals surface area contributed by atoms with Crippen LogP contribution in [0.15, 0.2) is 47.1 Å². The van der Waals surface area contributed by atoms with E-state index in [9.17, 15) is 18.0 Å². The Labute approximate surface area is 171 Å². The predicted molar refractivity (Wildman–Crippen MR) is 104 cm³/mol. The molecule has 0 atom stereocenters. The van der Waals surface area contributed by atoms with Crippen LogP contribution in [0.25, 0.3) is 11.0 Å². The minimum atomic E-state index is -4.49. The van der Waals surface area contributed by atoms with Gasteiger partial charge in [-0.1, -0.05) is 12.1 Å². The number of aromatic nitrogens is 2. The first kappa shape index (κ1) is 20.5. The van der Waals surface area contributed by atoms with Gasteiger partial charge in [-0.05, 0) is 56.1 Å². The van der Waals surface area contributed by atoms with Crippen LogP contribution >= 0.6 is 0 Å². The first-order valence-corrected chi connectivity index (χ1v) is 9.94. The van der Waals surface area contributed by atoms with Crippen LogP contribution in [0.2, 0.25) is 0 Å². The summed E-state index contributed by atoms with van der Waals surface area (Å²) < 4.78 is 46.9. The molecular weight excluding hydrogens is 397 g/mol. The van der Waals surface area contributed by atoms with Crippen LogP contribution in [-0.2, 0) is 24.1 Å². The van der Waals surface area contributed by atoms with E-state index in [1.807, 2.05) is 4.90 Å². The third kappa shape index (κ3) is 4.67. The number of carbonyl (C=O) groups is 1. The van der Waals surface area contributed by atoms with Gasteiger partial charge < -0.3 is 14.3 Å². The molecule has 4 rings (SSSR count). The SMILES string of the molecule is O=C(CN1CCC(Cn2c(C(F)(F)F)nc3ccccc32)CC1)NCc1ccco1. The van der Waals surface area contributed by atoms with Gasteiger partial charge in [-0.2, -0.15) is 13.2 Å². The number of furan rings is 1. The molecule has 0 saturated carbocycles. The van der Waals surface area contributed by atoms with Crippen LogP contribution in [0.1, 0.15) is 24.4 Å². The van der Waals surface area contributed by atoms with Crippen LogP contribution in [-0.4, -0.2) is 40.0 Å².